The SMILES string of the molecule is CN(C(=O)c1cc(Br)cs1)c1ccc(N)cn1. The van der Waals surface area contributed by atoms with Crippen molar-refractivity contribution in [3.63, 3.8) is 0 Å². The van der Waals surface area contributed by atoms with Crippen LogP contribution in [0.4, 0.5) is 11.5 Å². The van der Waals surface area contributed by atoms with E-state index in [0.29, 0.717) is 16.4 Å². The predicted octanol–water partition coefficient (Wildman–Crippen LogP) is 2.76. The topological polar surface area (TPSA) is 59.2 Å². The third-order valence-corrected chi connectivity index (χ3v) is 3.88. The molecule has 0 radical (unpaired) electrons. The second-order valence-electron chi connectivity index (χ2n) is 3.44. The van der Waals surface area contributed by atoms with Gasteiger partial charge in [-0.3, -0.25) is 9.69 Å². The van der Waals surface area contributed by atoms with Gasteiger partial charge in [-0.25, -0.2) is 4.98 Å². The normalized spacial score (nSPS) is 10.2. The van der Waals surface area contributed by atoms with Crippen LogP contribution in [0, 0.1) is 0 Å². The molecule has 0 aromatic carbocycles. The van der Waals surface area contributed by atoms with Crippen LogP contribution < -0.4 is 10.6 Å². The maximum atomic E-state index is 12.1. The third kappa shape index (κ3) is 2.65. The van der Waals surface area contributed by atoms with Gasteiger partial charge < -0.3 is 5.73 Å². The van der Waals surface area contributed by atoms with Gasteiger partial charge in [0.05, 0.1) is 16.8 Å². The maximum absolute atomic E-state index is 12.1. The molecule has 2 aromatic heterocycles. The highest BCUT2D eigenvalue weighted by atomic mass is 79.9. The number of halogens is 1. The number of hydrogen-bond acceptors (Lipinski definition) is 4. The van der Waals surface area contributed by atoms with Crippen LogP contribution in [-0.4, -0.2) is 17.9 Å². The van der Waals surface area contributed by atoms with Crippen molar-refractivity contribution < 1.29 is 4.79 Å². The van der Waals surface area contributed by atoms with E-state index in [2.05, 4.69) is 20.9 Å². The van der Waals surface area contributed by atoms with E-state index in [1.807, 2.05) is 5.38 Å². The van der Waals surface area contributed by atoms with Crippen LogP contribution >= 0.6 is 27.3 Å². The lowest BCUT2D eigenvalue weighted by Gasteiger charge is -2.14. The molecular weight excluding hydrogens is 302 g/mol. The Bertz CT molecular complexity index is 538. The number of nitrogens with zero attached hydrogens (tertiary/aromatic N) is 2. The summed E-state index contributed by atoms with van der Waals surface area (Å²) in [4.78, 5) is 18.4. The van der Waals surface area contributed by atoms with Gasteiger partial charge in [-0.15, -0.1) is 11.3 Å². The molecule has 0 aliphatic rings. The molecule has 17 heavy (non-hydrogen) atoms. The third-order valence-electron chi connectivity index (χ3n) is 2.20. The molecule has 88 valence electrons. The van der Waals surface area contributed by atoms with E-state index in [-0.39, 0.29) is 5.91 Å². The van der Waals surface area contributed by atoms with Crippen molar-refractivity contribution in [2.24, 2.45) is 0 Å². The Balaban J connectivity index is 2.23. The summed E-state index contributed by atoms with van der Waals surface area (Å²) < 4.78 is 0.907. The lowest BCUT2D eigenvalue weighted by Crippen LogP contribution is -2.26. The number of anilines is 2. The summed E-state index contributed by atoms with van der Waals surface area (Å²) >= 11 is 4.72. The number of amides is 1. The summed E-state index contributed by atoms with van der Waals surface area (Å²) in [7, 11) is 1.69. The van der Waals surface area contributed by atoms with E-state index in [1.165, 1.54) is 22.4 Å². The van der Waals surface area contributed by atoms with Crippen molar-refractivity contribution in [2.45, 2.75) is 0 Å². The van der Waals surface area contributed by atoms with Crippen molar-refractivity contribution in [1.82, 2.24) is 4.98 Å². The molecular formula is C11H10BrN3OS. The molecule has 2 rings (SSSR count). The van der Waals surface area contributed by atoms with Crippen molar-refractivity contribution in [2.75, 3.05) is 17.7 Å². The van der Waals surface area contributed by atoms with Crippen LogP contribution in [0.15, 0.2) is 34.2 Å². The largest absolute Gasteiger partial charge is 0.397 e. The highest BCUT2D eigenvalue weighted by Gasteiger charge is 2.16. The maximum Gasteiger partial charge on any atom is 0.269 e. The zero-order valence-corrected chi connectivity index (χ0v) is 11.5. The Morgan fingerprint density at radius 2 is 2.29 bits per heavy atom. The smallest absolute Gasteiger partial charge is 0.269 e. The average Bonchev–Trinajstić information content (AvgIpc) is 2.75. The van der Waals surface area contributed by atoms with Gasteiger partial charge in [0.1, 0.15) is 5.82 Å². The minimum absolute atomic E-state index is 0.0852. The van der Waals surface area contributed by atoms with Gasteiger partial charge in [0, 0.05) is 16.9 Å². The molecule has 6 heteroatoms. The standard InChI is InChI=1S/C11H10BrN3OS/c1-15(10-3-2-8(13)5-14-10)11(16)9-4-7(12)6-17-9/h2-6H,13H2,1H3. The van der Waals surface area contributed by atoms with E-state index in [9.17, 15) is 4.79 Å². The number of pyridine rings is 1. The summed E-state index contributed by atoms with van der Waals surface area (Å²) in [6.07, 6.45) is 1.53. The lowest BCUT2D eigenvalue weighted by molar-refractivity contribution is 0.0996. The molecule has 0 atom stereocenters. The van der Waals surface area contributed by atoms with Crippen LogP contribution in [0.1, 0.15) is 9.67 Å². The quantitative estimate of drug-likeness (QED) is 0.927. The molecule has 0 saturated carbocycles. The molecule has 4 nitrogen and oxygen atoms in total. The average molecular weight is 312 g/mol. The Morgan fingerprint density at radius 3 is 2.82 bits per heavy atom. The molecule has 2 N–H and O–H groups in total. The first-order valence-electron chi connectivity index (χ1n) is 4.81. The van der Waals surface area contributed by atoms with Crippen molar-refractivity contribution in [3.8, 4) is 0 Å². The van der Waals surface area contributed by atoms with E-state index in [0.717, 1.165) is 4.47 Å². The van der Waals surface area contributed by atoms with Crippen molar-refractivity contribution >= 4 is 44.7 Å². The Labute approximate surface area is 111 Å². The summed E-state index contributed by atoms with van der Waals surface area (Å²) in [5, 5.41) is 1.87. The van der Waals surface area contributed by atoms with Crippen LogP contribution in [-0.2, 0) is 0 Å². The van der Waals surface area contributed by atoms with Gasteiger partial charge in [-0.2, -0.15) is 0 Å². The molecule has 0 unspecified atom stereocenters. The summed E-state index contributed by atoms with van der Waals surface area (Å²) in [6.45, 7) is 0. The van der Waals surface area contributed by atoms with Crippen molar-refractivity contribution in [1.29, 1.82) is 0 Å². The Kier molecular flexibility index (Phi) is 3.44. The minimum atomic E-state index is -0.0852. The lowest BCUT2D eigenvalue weighted by atomic mass is 10.3. The molecule has 1 amide bonds. The first-order chi connectivity index (χ1) is 8.08. The minimum Gasteiger partial charge on any atom is -0.397 e. The molecule has 0 saturated heterocycles. The number of aromatic nitrogens is 1. The first-order valence-corrected chi connectivity index (χ1v) is 6.49. The molecule has 2 aromatic rings. The van der Waals surface area contributed by atoms with E-state index < -0.39 is 0 Å². The Hall–Kier alpha value is -1.40. The van der Waals surface area contributed by atoms with Gasteiger partial charge in [0.2, 0.25) is 0 Å². The molecule has 0 spiro atoms. The Morgan fingerprint density at radius 1 is 1.53 bits per heavy atom. The second kappa shape index (κ2) is 4.85. The monoisotopic (exact) mass is 311 g/mol. The van der Waals surface area contributed by atoms with Gasteiger partial charge in [0.25, 0.3) is 5.91 Å². The number of carbonyl (C=O) groups is 1. The number of hydrogen-bond donors (Lipinski definition) is 1. The van der Waals surface area contributed by atoms with Crippen LogP contribution in [0.5, 0.6) is 0 Å². The molecule has 0 bridgehead atoms. The van der Waals surface area contributed by atoms with Gasteiger partial charge in [-0.05, 0) is 34.1 Å². The van der Waals surface area contributed by atoms with Gasteiger partial charge in [-0.1, -0.05) is 0 Å². The fraction of sp³-hybridized carbons (Fsp3) is 0.0909. The number of nitrogens with two attached hydrogens (primary N) is 1. The first kappa shape index (κ1) is 12.1. The molecule has 0 aliphatic carbocycles. The summed E-state index contributed by atoms with van der Waals surface area (Å²) in [6, 6.07) is 5.23. The van der Waals surface area contributed by atoms with Crippen LogP contribution in [0.3, 0.4) is 0 Å². The zero-order valence-electron chi connectivity index (χ0n) is 9.05. The van der Waals surface area contributed by atoms with E-state index in [1.54, 1.807) is 25.2 Å². The number of rotatable bonds is 2. The zero-order chi connectivity index (χ0) is 12.4. The summed E-state index contributed by atoms with van der Waals surface area (Å²) in [5.74, 6) is 0.492. The van der Waals surface area contributed by atoms with Crippen LogP contribution in [0.25, 0.3) is 0 Å². The number of nitrogen functional groups attached to an aromatic ring is 1. The predicted molar refractivity (Wildman–Crippen MR) is 73.4 cm³/mol. The van der Waals surface area contributed by atoms with Crippen molar-refractivity contribution in [3.05, 3.63) is 39.1 Å². The molecule has 2 heterocycles. The fourth-order valence-electron chi connectivity index (χ4n) is 1.29. The fourth-order valence-corrected chi connectivity index (χ4v) is 2.69. The number of carbonyl (C=O) groups excluding carboxylic acids is 1. The molecule has 0 aliphatic heterocycles. The van der Waals surface area contributed by atoms with E-state index in [4.69, 9.17) is 5.73 Å². The second-order valence-corrected chi connectivity index (χ2v) is 5.27. The molecule has 0 fully saturated rings. The van der Waals surface area contributed by atoms with Crippen LogP contribution in [0.2, 0.25) is 0 Å². The van der Waals surface area contributed by atoms with E-state index >= 15 is 0 Å². The summed E-state index contributed by atoms with van der Waals surface area (Å²) in [5.41, 5.74) is 6.12. The number of thiophene rings is 1. The van der Waals surface area contributed by atoms with Gasteiger partial charge in [0.15, 0.2) is 0 Å². The highest BCUT2D eigenvalue weighted by molar-refractivity contribution is 9.10. The van der Waals surface area contributed by atoms with Gasteiger partial charge >= 0.3 is 0 Å². The highest BCUT2D eigenvalue weighted by Crippen LogP contribution is 2.22.